The summed E-state index contributed by atoms with van der Waals surface area (Å²) in [5.41, 5.74) is 0. The van der Waals surface area contributed by atoms with E-state index >= 15 is 0 Å². The highest BCUT2D eigenvalue weighted by Crippen LogP contribution is 2.21. The molecule has 0 amide bonds. The number of methoxy groups -OCH3 is 1. The first kappa shape index (κ1) is 13.9. The van der Waals surface area contributed by atoms with Crippen LogP contribution in [0, 0.1) is 0 Å². The van der Waals surface area contributed by atoms with Gasteiger partial charge < -0.3 is 15.0 Å². The highest BCUT2D eigenvalue weighted by atomic mass is 16.5. The maximum absolute atomic E-state index is 5.10. The molecule has 1 fully saturated rings. The molecule has 0 aliphatic heterocycles. The van der Waals surface area contributed by atoms with Gasteiger partial charge in [-0.3, -0.25) is 0 Å². The summed E-state index contributed by atoms with van der Waals surface area (Å²) in [4.78, 5) is 2.52. The molecule has 1 aliphatic carbocycles. The SMILES string of the molecule is COCC(C)NCCN(C)C1CCCCC1. The van der Waals surface area contributed by atoms with Crippen LogP contribution < -0.4 is 5.32 Å². The Labute approximate surface area is 101 Å². The van der Waals surface area contributed by atoms with Gasteiger partial charge in [-0.2, -0.15) is 0 Å². The van der Waals surface area contributed by atoms with Crippen LogP contribution in [-0.2, 0) is 4.74 Å². The number of ether oxygens (including phenoxy) is 1. The fourth-order valence-electron chi connectivity index (χ4n) is 2.50. The van der Waals surface area contributed by atoms with Gasteiger partial charge in [-0.05, 0) is 26.8 Å². The second kappa shape index (κ2) is 8.04. The zero-order valence-corrected chi connectivity index (χ0v) is 11.2. The van der Waals surface area contributed by atoms with Crippen molar-refractivity contribution in [3.8, 4) is 0 Å². The number of hydrogen-bond donors (Lipinski definition) is 1. The molecule has 3 nitrogen and oxygen atoms in total. The normalized spacial score (nSPS) is 20.2. The number of nitrogens with zero attached hydrogens (tertiary/aromatic N) is 1. The van der Waals surface area contributed by atoms with Crippen molar-refractivity contribution in [1.29, 1.82) is 0 Å². The highest BCUT2D eigenvalue weighted by molar-refractivity contribution is 4.74. The van der Waals surface area contributed by atoms with Crippen LogP contribution in [0.4, 0.5) is 0 Å². The van der Waals surface area contributed by atoms with Crippen molar-refractivity contribution < 1.29 is 4.74 Å². The molecular weight excluding hydrogens is 200 g/mol. The van der Waals surface area contributed by atoms with Crippen LogP contribution >= 0.6 is 0 Å². The van der Waals surface area contributed by atoms with E-state index in [1.807, 2.05) is 0 Å². The van der Waals surface area contributed by atoms with Crippen LogP contribution in [0.5, 0.6) is 0 Å². The molecule has 1 saturated carbocycles. The Kier molecular flexibility index (Phi) is 7.01. The molecule has 0 aromatic heterocycles. The molecule has 3 heteroatoms. The minimum absolute atomic E-state index is 0.463. The standard InChI is InChI=1S/C13H28N2O/c1-12(11-16-3)14-9-10-15(2)13-7-5-4-6-8-13/h12-14H,4-11H2,1-3H3. The summed E-state index contributed by atoms with van der Waals surface area (Å²) in [5.74, 6) is 0. The van der Waals surface area contributed by atoms with Crippen molar-refractivity contribution in [2.24, 2.45) is 0 Å². The summed E-state index contributed by atoms with van der Waals surface area (Å²) >= 11 is 0. The Hall–Kier alpha value is -0.120. The van der Waals surface area contributed by atoms with Gasteiger partial charge >= 0.3 is 0 Å². The summed E-state index contributed by atoms with van der Waals surface area (Å²) in [7, 11) is 4.02. The molecule has 96 valence electrons. The van der Waals surface area contributed by atoms with Gasteiger partial charge in [-0.1, -0.05) is 19.3 Å². The lowest BCUT2D eigenvalue weighted by Gasteiger charge is -2.31. The van der Waals surface area contributed by atoms with E-state index in [1.165, 1.54) is 32.1 Å². The van der Waals surface area contributed by atoms with E-state index in [9.17, 15) is 0 Å². The zero-order valence-electron chi connectivity index (χ0n) is 11.2. The van der Waals surface area contributed by atoms with E-state index in [1.54, 1.807) is 7.11 Å². The molecule has 1 unspecified atom stereocenters. The Morgan fingerprint density at radius 1 is 1.31 bits per heavy atom. The van der Waals surface area contributed by atoms with Crippen molar-refractivity contribution in [1.82, 2.24) is 10.2 Å². The van der Waals surface area contributed by atoms with Crippen LogP contribution in [-0.4, -0.2) is 50.8 Å². The molecule has 1 atom stereocenters. The summed E-state index contributed by atoms with van der Waals surface area (Å²) in [6.45, 7) is 5.19. The van der Waals surface area contributed by atoms with E-state index in [4.69, 9.17) is 4.74 Å². The third-order valence-corrected chi connectivity index (χ3v) is 3.57. The van der Waals surface area contributed by atoms with Crippen molar-refractivity contribution in [3.63, 3.8) is 0 Å². The third-order valence-electron chi connectivity index (χ3n) is 3.57. The molecule has 0 aromatic carbocycles. The second-order valence-electron chi connectivity index (χ2n) is 5.08. The molecule has 0 saturated heterocycles. The van der Waals surface area contributed by atoms with Crippen LogP contribution in [0.2, 0.25) is 0 Å². The zero-order chi connectivity index (χ0) is 11.8. The predicted octanol–water partition coefficient (Wildman–Crippen LogP) is 1.88. The quantitative estimate of drug-likeness (QED) is 0.720. The number of nitrogens with one attached hydrogen (secondary N) is 1. The summed E-state index contributed by atoms with van der Waals surface area (Å²) in [5, 5.41) is 3.49. The van der Waals surface area contributed by atoms with Gasteiger partial charge in [-0.15, -0.1) is 0 Å². The van der Waals surface area contributed by atoms with E-state index in [0.29, 0.717) is 6.04 Å². The maximum Gasteiger partial charge on any atom is 0.0613 e. The first-order valence-electron chi connectivity index (χ1n) is 6.66. The lowest BCUT2D eigenvalue weighted by atomic mass is 9.94. The summed E-state index contributed by atoms with van der Waals surface area (Å²) in [6, 6.07) is 1.29. The maximum atomic E-state index is 5.10. The van der Waals surface area contributed by atoms with Crippen molar-refractivity contribution >= 4 is 0 Å². The fourth-order valence-corrected chi connectivity index (χ4v) is 2.50. The minimum atomic E-state index is 0.463. The van der Waals surface area contributed by atoms with Crippen molar-refractivity contribution in [2.45, 2.75) is 51.1 Å². The summed E-state index contributed by atoms with van der Waals surface area (Å²) < 4.78 is 5.10. The van der Waals surface area contributed by atoms with Gasteiger partial charge in [0.05, 0.1) is 6.61 Å². The fraction of sp³-hybridized carbons (Fsp3) is 1.00. The van der Waals surface area contributed by atoms with Gasteiger partial charge in [0, 0.05) is 32.3 Å². The smallest absolute Gasteiger partial charge is 0.0613 e. The number of rotatable bonds is 7. The van der Waals surface area contributed by atoms with E-state index in [2.05, 4.69) is 24.2 Å². The molecular formula is C13H28N2O. The molecule has 0 heterocycles. The Balaban J connectivity index is 2.07. The molecule has 0 bridgehead atoms. The Morgan fingerprint density at radius 2 is 2.00 bits per heavy atom. The average Bonchev–Trinajstić information content (AvgIpc) is 2.30. The van der Waals surface area contributed by atoms with Crippen molar-refractivity contribution in [3.05, 3.63) is 0 Å². The Morgan fingerprint density at radius 3 is 2.62 bits per heavy atom. The Bertz CT molecular complexity index is 169. The second-order valence-corrected chi connectivity index (χ2v) is 5.08. The van der Waals surface area contributed by atoms with Crippen molar-refractivity contribution in [2.75, 3.05) is 33.9 Å². The molecule has 0 radical (unpaired) electrons. The third kappa shape index (κ3) is 5.28. The van der Waals surface area contributed by atoms with E-state index in [0.717, 1.165) is 25.7 Å². The molecule has 1 rings (SSSR count). The molecule has 1 N–H and O–H groups in total. The topological polar surface area (TPSA) is 24.5 Å². The minimum Gasteiger partial charge on any atom is -0.383 e. The lowest BCUT2D eigenvalue weighted by Crippen LogP contribution is -2.41. The van der Waals surface area contributed by atoms with Gasteiger partial charge in [0.15, 0.2) is 0 Å². The van der Waals surface area contributed by atoms with Gasteiger partial charge in [-0.25, -0.2) is 0 Å². The first-order valence-corrected chi connectivity index (χ1v) is 6.66. The van der Waals surface area contributed by atoms with Crippen LogP contribution in [0.1, 0.15) is 39.0 Å². The van der Waals surface area contributed by atoms with Gasteiger partial charge in [0.1, 0.15) is 0 Å². The lowest BCUT2D eigenvalue weighted by molar-refractivity contribution is 0.162. The average molecular weight is 228 g/mol. The van der Waals surface area contributed by atoms with Crippen LogP contribution in [0.25, 0.3) is 0 Å². The van der Waals surface area contributed by atoms with Crippen LogP contribution in [0.15, 0.2) is 0 Å². The monoisotopic (exact) mass is 228 g/mol. The molecule has 0 spiro atoms. The van der Waals surface area contributed by atoms with E-state index < -0.39 is 0 Å². The van der Waals surface area contributed by atoms with E-state index in [-0.39, 0.29) is 0 Å². The molecule has 1 aliphatic rings. The van der Waals surface area contributed by atoms with Crippen LogP contribution in [0.3, 0.4) is 0 Å². The first-order chi connectivity index (χ1) is 7.74. The largest absolute Gasteiger partial charge is 0.383 e. The van der Waals surface area contributed by atoms with Gasteiger partial charge in [0.2, 0.25) is 0 Å². The van der Waals surface area contributed by atoms with Gasteiger partial charge in [0.25, 0.3) is 0 Å². The summed E-state index contributed by atoms with van der Waals surface area (Å²) in [6.07, 6.45) is 7.06. The molecule has 16 heavy (non-hydrogen) atoms. The number of likely N-dealkylation sites (N-methyl/N-ethyl adjacent to an activating group) is 1. The predicted molar refractivity (Wildman–Crippen MR) is 68.8 cm³/mol. The highest BCUT2D eigenvalue weighted by Gasteiger charge is 2.17. The number of hydrogen-bond acceptors (Lipinski definition) is 3. The molecule has 0 aromatic rings.